The van der Waals surface area contributed by atoms with Crippen LogP contribution in [0.5, 0.6) is 0 Å². The molecule has 0 saturated carbocycles. The van der Waals surface area contributed by atoms with E-state index in [9.17, 15) is 4.79 Å². The predicted molar refractivity (Wildman–Crippen MR) is 120 cm³/mol. The lowest BCUT2D eigenvalue weighted by Crippen LogP contribution is -2.50. The van der Waals surface area contributed by atoms with E-state index in [1.54, 1.807) is 6.33 Å². The van der Waals surface area contributed by atoms with Gasteiger partial charge in [-0.25, -0.2) is 14.6 Å². The van der Waals surface area contributed by atoms with Crippen molar-refractivity contribution in [2.75, 3.05) is 42.9 Å². The van der Waals surface area contributed by atoms with Crippen molar-refractivity contribution in [1.29, 1.82) is 0 Å². The van der Waals surface area contributed by atoms with Gasteiger partial charge < -0.3 is 15.1 Å². The molecule has 4 aromatic rings. The molecular weight excluding hydrogens is 390 g/mol. The Kier molecular flexibility index (Phi) is 5.18. The molecule has 156 valence electrons. The molecule has 5 rings (SSSR count). The normalized spacial score (nSPS) is 14.1. The maximum absolute atomic E-state index is 12.6. The molecule has 2 aromatic carbocycles. The van der Waals surface area contributed by atoms with Crippen molar-refractivity contribution in [2.45, 2.75) is 0 Å². The third-order valence-corrected chi connectivity index (χ3v) is 5.49. The first-order chi connectivity index (χ1) is 15.3. The number of amides is 1. The van der Waals surface area contributed by atoms with Gasteiger partial charge >= 0.3 is 0 Å². The zero-order valence-electron chi connectivity index (χ0n) is 17.1. The van der Waals surface area contributed by atoms with Crippen LogP contribution in [0.4, 0.5) is 11.5 Å². The van der Waals surface area contributed by atoms with E-state index in [2.05, 4.69) is 25.3 Å². The van der Waals surface area contributed by atoms with Crippen molar-refractivity contribution in [1.82, 2.24) is 24.6 Å². The highest BCUT2D eigenvalue weighted by atomic mass is 16.2. The van der Waals surface area contributed by atoms with E-state index in [0.29, 0.717) is 19.6 Å². The second-order valence-electron chi connectivity index (χ2n) is 7.41. The molecule has 1 aliphatic heterocycles. The highest BCUT2D eigenvalue weighted by Crippen LogP contribution is 2.25. The largest absolute Gasteiger partial charge is 0.376 e. The second kappa shape index (κ2) is 8.43. The molecule has 0 unspecified atom stereocenters. The van der Waals surface area contributed by atoms with Crippen molar-refractivity contribution in [2.24, 2.45) is 0 Å². The van der Waals surface area contributed by atoms with Gasteiger partial charge in [0.1, 0.15) is 12.1 Å². The van der Waals surface area contributed by atoms with Crippen LogP contribution in [-0.2, 0) is 4.79 Å². The summed E-state index contributed by atoms with van der Waals surface area (Å²) in [5, 5.41) is 8.64. The van der Waals surface area contributed by atoms with Crippen molar-refractivity contribution in [3.8, 4) is 5.69 Å². The van der Waals surface area contributed by atoms with Gasteiger partial charge in [-0.2, -0.15) is 5.10 Å². The number of carbonyl (C=O) groups is 1. The molecule has 0 bridgehead atoms. The molecule has 8 heteroatoms. The van der Waals surface area contributed by atoms with Crippen LogP contribution < -0.4 is 10.2 Å². The molecule has 0 spiro atoms. The zero-order valence-corrected chi connectivity index (χ0v) is 17.1. The van der Waals surface area contributed by atoms with E-state index in [-0.39, 0.29) is 5.91 Å². The smallest absolute Gasteiger partial charge is 0.241 e. The van der Waals surface area contributed by atoms with Crippen LogP contribution in [0, 0.1) is 0 Å². The first kappa shape index (κ1) is 19.0. The number of anilines is 2. The molecule has 1 saturated heterocycles. The fraction of sp³-hybridized carbons (Fsp3) is 0.217. The van der Waals surface area contributed by atoms with E-state index < -0.39 is 0 Å². The van der Waals surface area contributed by atoms with E-state index in [0.717, 1.165) is 41.3 Å². The van der Waals surface area contributed by atoms with Gasteiger partial charge in [0.2, 0.25) is 5.91 Å². The standard InChI is InChI=1S/C23H23N7O/c31-21(16-24-18-7-3-1-4-8-18)28-11-13-29(14-12-28)22-20-15-27-30(23(20)26-17-25-22)19-9-5-2-6-10-19/h1-10,15,17,24H,11-14,16H2. The molecule has 0 atom stereocenters. The summed E-state index contributed by atoms with van der Waals surface area (Å²) in [6.45, 7) is 3.06. The number of piperazine rings is 1. The van der Waals surface area contributed by atoms with Gasteiger partial charge in [-0.1, -0.05) is 36.4 Å². The highest BCUT2D eigenvalue weighted by Gasteiger charge is 2.24. The lowest BCUT2D eigenvalue weighted by molar-refractivity contribution is -0.129. The van der Waals surface area contributed by atoms with Gasteiger partial charge in [0.05, 0.1) is 23.8 Å². The number of carbonyl (C=O) groups excluding carboxylic acids is 1. The molecule has 1 N–H and O–H groups in total. The Bertz CT molecular complexity index is 1170. The molecule has 8 nitrogen and oxygen atoms in total. The number of hydrogen-bond acceptors (Lipinski definition) is 6. The number of hydrogen-bond donors (Lipinski definition) is 1. The topological polar surface area (TPSA) is 79.2 Å². The van der Waals surface area contributed by atoms with Crippen molar-refractivity contribution >= 4 is 28.4 Å². The molecule has 0 radical (unpaired) electrons. The number of rotatable bonds is 5. The number of fused-ring (bicyclic) bond motifs is 1. The monoisotopic (exact) mass is 413 g/mol. The molecule has 31 heavy (non-hydrogen) atoms. The molecule has 3 heterocycles. The lowest BCUT2D eigenvalue weighted by atomic mass is 10.2. The van der Waals surface area contributed by atoms with Gasteiger partial charge in [-0.15, -0.1) is 0 Å². The van der Waals surface area contributed by atoms with Gasteiger partial charge in [0.25, 0.3) is 0 Å². The van der Waals surface area contributed by atoms with E-state index in [1.807, 2.05) is 76.4 Å². The number of nitrogens with one attached hydrogen (secondary N) is 1. The van der Waals surface area contributed by atoms with Gasteiger partial charge in [-0.3, -0.25) is 4.79 Å². The summed E-state index contributed by atoms with van der Waals surface area (Å²) in [5.41, 5.74) is 2.69. The Labute approximate surface area is 180 Å². The minimum Gasteiger partial charge on any atom is -0.376 e. The van der Waals surface area contributed by atoms with Crippen LogP contribution in [0.25, 0.3) is 16.7 Å². The summed E-state index contributed by atoms with van der Waals surface area (Å²) in [6, 6.07) is 19.7. The van der Waals surface area contributed by atoms with Crippen LogP contribution in [-0.4, -0.2) is 63.3 Å². The third kappa shape index (κ3) is 3.92. The Morgan fingerprint density at radius 3 is 2.35 bits per heavy atom. The van der Waals surface area contributed by atoms with Crippen LogP contribution in [0.3, 0.4) is 0 Å². The number of para-hydroxylation sites is 2. The minimum absolute atomic E-state index is 0.105. The predicted octanol–water partition coefficient (Wildman–Crippen LogP) is 2.58. The number of nitrogens with zero attached hydrogens (tertiary/aromatic N) is 6. The van der Waals surface area contributed by atoms with E-state index >= 15 is 0 Å². The van der Waals surface area contributed by atoms with Crippen molar-refractivity contribution in [3.05, 3.63) is 73.2 Å². The first-order valence-electron chi connectivity index (χ1n) is 10.4. The minimum atomic E-state index is 0.105. The number of benzene rings is 2. The van der Waals surface area contributed by atoms with Gasteiger partial charge in [0.15, 0.2) is 5.65 Å². The molecule has 1 fully saturated rings. The Morgan fingerprint density at radius 1 is 0.903 bits per heavy atom. The summed E-state index contributed by atoms with van der Waals surface area (Å²) in [7, 11) is 0. The SMILES string of the molecule is O=C(CNc1ccccc1)N1CCN(c2ncnc3c2cnn3-c2ccccc2)CC1. The quantitative estimate of drug-likeness (QED) is 0.542. The summed E-state index contributed by atoms with van der Waals surface area (Å²) in [6.07, 6.45) is 3.40. The van der Waals surface area contributed by atoms with Crippen molar-refractivity contribution < 1.29 is 4.79 Å². The third-order valence-electron chi connectivity index (χ3n) is 5.49. The second-order valence-corrected chi connectivity index (χ2v) is 7.41. The van der Waals surface area contributed by atoms with Crippen LogP contribution in [0.15, 0.2) is 73.2 Å². The van der Waals surface area contributed by atoms with E-state index in [4.69, 9.17) is 0 Å². The average molecular weight is 413 g/mol. The van der Waals surface area contributed by atoms with Gasteiger partial charge in [0, 0.05) is 31.9 Å². The van der Waals surface area contributed by atoms with Crippen LogP contribution in [0.1, 0.15) is 0 Å². The Hall–Kier alpha value is -3.94. The first-order valence-corrected chi connectivity index (χ1v) is 10.4. The Balaban J connectivity index is 1.26. The average Bonchev–Trinajstić information content (AvgIpc) is 3.28. The zero-order chi connectivity index (χ0) is 21.0. The van der Waals surface area contributed by atoms with Crippen LogP contribution >= 0.6 is 0 Å². The molecule has 1 aliphatic rings. The Morgan fingerprint density at radius 2 is 1.61 bits per heavy atom. The van der Waals surface area contributed by atoms with Crippen LogP contribution in [0.2, 0.25) is 0 Å². The molecule has 0 aliphatic carbocycles. The molecular formula is C23H23N7O. The van der Waals surface area contributed by atoms with E-state index in [1.165, 1.54) is 0 Å². The van der Waals surface area contributed by atoms with Gasteiger partial charge in [-0.05, 0) is 24.3 Å². The summed E-state index contributed by atoms with van der Waals surface area (Å²) < 4.78 is 1.83. The molecule has 1 amide bonds. The molecule has 2 aromatic heterocycles. The van der Waals surface area contributed by atoms with Crippen molar-refractivity contribution in [3.63, 3.8) is 0 Å². The fourth-order valence-electron chi connectivity index (χ4n) is 3.86. The maximum Gasteiger partial charge on any atom is 0.241 e. The summed E-state index contributed by atoms with van der Waals surface area (Å²) in [5.74, 6) is 0.968. The lowest BCUT2D eigenvalue weighted by Gasteiger charge is -2.35. The summed E-state index contributed by atoms with van der Waals surface area (Å²) >= 11 is 0. The highest BCUT2D eigenvalue weighted by molar-refractivity contribution is 5.88. The maximum atomic E-state index is 12.6. The number of aromatic nitrogens is 4. The fourth-order valence-corrected chi connectivity index (χ4v) is 3.86. The summed E-state index contributed by atoms with van der Waals surface area (Å²) in [4.78, 5) is 25.7.